The Morgan fingerprint density at radius 2 is 2.43 bits per heavy atom. The minimum atomic E-state index is -0.344. The van der Waals surface area contributed by atoms with Crippen molar-refractivity contribution in [2.75, 3.05) is 13.2 Å². The van der Waals surface area contributed by atoms with Crippen LogP contribution >= 0.6 is 27.3 Å². The maximum Gasteiger partial charge on any atom is 0.407 e. The lowest BCUT2D eigenvalue weighted by Gasteiger charge is -2.03. The molecule has 0 saturated carbocycles. The third-order valence-corrected chi connectivity index (χ3v) is 3.23. The van der Waals surface area contributed by atoms with E-state index in [0.717, 1.165) is 10.2 Å². The number of rotatable bonds is 4. The second-order valence-corrected chi connectivity index (χ2v) is 5.15. The minimum absolute atomic E-state index is 0.344. The van der Waals surface area contributed by atoms with Crippen LogP contribution in [0.15, 0.2) is 15.9 Å². The summed E-state index contributed by atoms with van der Waals surface area (Å²) >= 11 is 5.06. The van der Waals surface area contributed by atoms with E-state index in [0.29, 0.717) is 13.2 Å². The van der Waals surface area contributed by atoms with Gasteiger partial charge in [0.1, 0.15) is 0 Å². The Morgan fingerprint density at radius 3 is 3.00 bits per heavy atom. The molecule has 0 atom stereocenters. The molecular formula is C9H12BrNO2S. The van der Waals surface area contributed by atoms with E-state index in [-0.39, 0.29) is 6.09 Å². The average Bonchev–Trinajstić information content (AvgIpc) is 2.52. The molecule has 3 nitrogen and oxygen atoms in total. The van der Waals surface area contributed by atoms with Crippen LogP contribution in [0.2, 0.25) is 0 Å². The molecule has 0 aliphatic heterocycles. The first-order valence-corrected chi connectivity index (χ1v) is 5.98. The lowest BCUT2D eigenvalue weighted by atomic mass is 10.3. The van der Waals surface area contributed by atoms with E-state index in [4.69, 9.17) is 4.74 Å². The highest BCUT2D eigenvalue weighted by Crippen LogP contribution is 2.21. The number of ether oxygens (including phenoxy) is 1. The van der Waals surface area contributed by atoms with Gasteiger partial charge in [0.15, 0.2) is 0 Å². The SMILES string of the molecule is CCOC(=O)NCCc1ccc(Br)s1. The average molecular weight is 278 g/mol. The second kappa shape index (κ2) is 6.03. The molecule has 0 aliphatic rings. The van der Waals surface area contributed by atoms with Crippen molar-refractivity contribution in [3.63, 3.8) is 0 Å². The quantitative estimate of drug-likeness (QED) is 0.919. The Bertz CT molecular complexity index is 301. The van der Waals surface area contributed by atoms with Gasteiger partial charge in [0.2, 0.25) is 0 Å². The molecule has 1 amide bonds. The molecule has 0 aliphatic carbocycles. The molecule has 78 valence electrons. The number of carbonyl (C=O) groups is 1. The molecule has 1 N–H and O–H groups in total. The van der Waals surface area contributed by atoms with E-state index < -0.39 is 0 Å². The Kier molecular flexibility index (Phi) is 4.97. The summed E-state index contributed by atoms with van der Waals surface area (Å²) in [6.45, 7) is 2.82. The summed E-state index contributed by atoms with van der Waals surface area (Å²) in [6, 6.07) is 4.05. The summed E-state index contributed by atoms with van der Waals surface area (Å²) in [6.07, 6.45) is 0.498. The summed E-state index contributed by atoms with van der Waals surface area (Å²) in [7, 11) is 0. The molecule has 5 heteroatoms. The standard InChI is InChI=1S/C9H12BrNO2S/c1-2-13-9(12)11-6-5-7-3-4-8(10)14-7/h3-4H,2,5-6H2,1H3,(H,11,12). The second-order valence-electron chi connectivity index (χ2n) is 2.60. The molecular weight excluding hydrogens is 266 g/mol. The Labute approximate surface area is 95.6 Å². The number of hydrogen-bond donors (Lipinski definition) is 1. The number of alkyl carbamates (subject to hydrolysis) is 1. The zero-order chi connectivity index (χ0) is 10.4. The van der Waals surface area contributed by atoms with Crippen molar-refractivity contribution >= 4 is 33.4 Å². The highest BCUT2D eigenvalue weighted by Gasteiger charge is 2.00. The monoisotopic (exact) mass is 277 g/mol. The molecule has 0 radical (unpaired) electrons. The van der Waals surface area contributed by atoms with E-state index in [1.807, 2.05) is 12.1 Å². The topological polar surface area (TPSA) is 38.3 Å². The van der Waals surface area contributed by atoms with Gasteiger partial charge >= 0.3 is 6.09 Å². The fourth-order valence-electron chi connectivity index (χ4n) is 0.956. The van der Waals surface area contributed by atoms with Crippen molar-refractivity contribution in [3.05, 3.63) is 20.8 Å². The Morgan fingerprint density at radius 1 is 1.64 bits per heavy atom. The molecule has 14 heavy (non-hydrogen) atoms. The van der Waals surface area contributed by atoms with Gasteiger partial charge in [-0.15, -0.1) is 11.3 Å². The van der Waals surface area contributed by atoms with Gasteiger partial charge in [0.05, 0.1) is 10.4 Å². The fourth-order valence-corrected chi connectivity index (χ4v) is 2.44. The van der Waals surface area contributed by atoms with Gasteiger partial charge in [-0.3, -0.25) is 0 Å². The number of amides is 1. The summed E-state index contributed by atoms with van der Waals surface area (Å²) < 4.78 is 5.84. The first kappa shape index (κ1) is 11.5. The minimum Gasteiger partial charge on any atom is -0.450 e. The summed E-state index contributed by atoms with van der Waals surface area (Å²) in [5.41, 5.74) is 0. The van der Waals surface area contributed by atoms with E-state index in [2.05, 4.69) is 21.2 Å². The summed E-state index contributed by atoms with van der Waals surface area (Å²) in [5, 5.41) is 2.67. The van der Waals surface area contributed by atoms with Gasteiger partial charge in [0, 0.05) is 11.4 Å². The van der Waals surface area contributed by atoms with Crippen molar-refractivity contribution < 1.29 is 9.53 Å². The zero-order valence-electron chi connectivity index (χ0n) is 7.88. The highest BCUT2D eigenvalue weighted by atomic mass is 79.9. The first-order chi connectivity index (χ1) is 6.72. The van der Waals surface area contributed by atoms with Crippen molar-refractivity contribution in [2.45, 2.75) is 13.3 Å². The van der Waals surface area contributed by atoms with E-state index in [9.17, 15) is 4.79 Å². The zero-order valence-corrected chi connectivity index (χ0v) is 10.3. The highest BCUT2D eigenvalue weighted by molar-refractivity contribution is 9.11. The van der Waals surface area contributed by atoms with Crippen LogP contribution in [-0.2, 0) is 11.2 Å². The molecule has 0 spiro atoms. The smallest absolute Gasteiger partial charge is 0.407 e. The van der Waals surface area contributed by atoms with Crippen molar-refractivity contribution in [2.24, 2.45) is 0 Å². The number of nitrogens with one attached hydrogen (secondary N) is 1. The number of thiophene rings is 1. The normalized spacial score (nSPS) is 9.86. The molecule has 1 aromatic heterocycles. The molecule has 0 bridgehead atoms. The number of hydrogen-bond acceptors (Lipinski definition) is 3. The van der Waals surface area contributed by atoms with Crippen LogP contribution < -0.4 is 5.32 Å². The molecule has 0 saturated heterocycles. The van der Waals surface area contributed by atoms with Crippen molar-refractivity contribution in [1.82, 2.24) is 5.32 Å². The molecule has 1 aromatic rings. The first-order valence-electron chi connectivity index (χ1n) is 4.37. The van der Waals surface area contributed by atoms with Crippen LogP contribution in [0.25, 0.3) is 0 Å². The van der Waals surface area contributed by atoms with Gasteiger partial charge in [-0.25, -0.2) is 4.79 Å². The molecule has 1 heterocycles. The van der Waals surface area contributed by atoms with Crippen molar-refractivity contribution in [1.29, 1.82) is 0 Å². The van der Waals surface area contributed by atoms with Crippen LogP contribution in [0, 0.1) is 0 Å². The van der Waals surface area contributed by atoms with Gasteiger partial charge in [-0.05, 0) is 41.4 Å². The lowest BCUT2D eigenvalue weighted by molar-refractivity contribution is 0.152. The summed E-state index contributed by atoms with van der Waals surface area (Å²) in [4.78, 5) is 12.1. The van der Waals surface area contributed by atoms with Crippen LogP contribution in [0.3, 0.4) is 0 Å². The fraction of sp³-hybridized carbons (Fsp3) is 0.444. The predicted molar refractivity (Wildman–Crippen MR) is 60.7 cm³/mol. The largest absolute Gasteiger partial charge is 0.450 e. The number of carbonyl (C=O) groups excluding carboxylic acids is 1. The molecule has 0 aromatic carbocycles. The van der Waals surface area contributed by atoms with Crippen LogP contribution in [0.4, 0.5) is 4.79 Å². The van der Waals surface area contributed by atoms with Gasteiger partial charge in [-0.2, -0.15) is 0 Å². The lowest BCUT2D eigenvalue weighted by Crippen LogP contribution is -2.26. The maximum absolute atomic E-state index is 10.9. The molecule has 0 unspecified atom stereocenters. The Hall–Kier alpha value is -0.550. The third kappa shape index (κ3) is 4.11. The summed E-state index contributed by atoms with van der Waals surface area (Å²) in [5.74, 6) is 0. The van der Waals surface area contributed by atoms with Crippen LogP contribution in [-0.4, -0.2) is 19.2 Å². The third-order valence-electron chi connectivity index (χ3n) is 1.55. The van der Waals surface area contributed by atoms with E-state index in [1.165, 1.54) is 4.88 Å². The van der Waals surface area contributed by atoms with Gasteiger partial charge in [0.25, 0.3) is 0 Å². The van der Waals surface area contributed by atoms with Crippen molar-refractivity contribution in [3.8, 4) is 0 Å². The Balaban J connectivity index is 2.18. The van der Waals surface area contributed by atoms with E-state index >= 15 is 0 Å². The van der Waals surface area contributed by atoms with Crippen LogP contribution in [0.1, 0.15) is 11.8 Å². The predicted octanol–water partition coefficient (Wildman–Crippen LogP) is 2.80. The van der Waals surface area contributed by atoms with Crippen LogP contribution in [0.5, 0.6) is 0 Å². The molecule has 1 rings (SSSR count). The number of halogens is 1. The van der Waals surface area contributed by atoms with Gasteiger partial charge in [-0.1, -0.05) is 0 Å². The van der Waals surface area contributed by atoms with Gasteiger partial charge < -0.3 is 10.1 Å². The van der Waals surface area contributed by atoms with E-state index in [1.54, 1.807) is 18.3 Å². The molecule has 0 fully saturated rings. The maximum atomic E-state index is 10.9.